The first-order chi connectivity index (χ1) is 8.13. The summed E-state index contributed by atoms with van der Waals surface area (Å²) < 4.78 is 1.85. The highest BCUT2D eigenvalue weighted by molar-refractivity contribution is 9.12. The average molecular weight is 402 g/mol. The van der Waals surface area contributed by atoms with Crippen molar-refractivity contribution in [1.29, 1.82) is 0 Å². The Morgan fingerprint density at radius 2 is 2.24 bits per heavy atom. The minimum absolute atomic E-state index is 0.0872. The Labute approximate surface area is 127 Å². The number of halogens is 3. The number of amides is 1. The lowest BCUT2D eigenvalue weighted by molar-refractivity contribution is 0.0597. The van der Waals surface area contributed by atoms with E-state index in [0.29, 0.717) is 18.5 Å². The van der Waals surface area contributed by atoms with Crippen LogP contribution in [0.15, 0.2) is 13.6 Å². The third kappa shape index (κ3) is 3.06. The van der Waals surface area contributed by atoms with Gasteiger partial charge >= 0.3 is 0 Å². The summed E-state index contributed by atoms with van der Waals surface area (Å²) in [4.78, 5) is 14.3. The molecule has 2 nitrogen and oxygen atoms in total. The van der Waals surface area contributed by atoms with Gasteiger partial charge in [-0.05, 0) is 57.2 Å². The van der Waals surface area contributed by atoms with Gasteiger partial charge < -0.3 is 4.90 Å². The zero-order valence-corrected chi connectivity index (χ0v) is 13.8. The largest absolute Gasteiger partial charge is 0.334 e. The fourth-order valence-corrected chi connectivity index (χ4v) is 4.84. The SMILES string of the molecule is O=C(c1cc(Br)sc1Br)N(CCCl)C1CCC1. The Morgan fingerprint density at radius 1 is 1.53 bits per heavy atom. The molecule has 94 valence electrons. The van der Waals surface area contributed by atoms with Crippen LogP contribution in [0.1, 0.15) is 29.6 Å². The molecule has 1 aliphatic carbocycles. The third-order valence-corrected chi connectivity index (χ3v) is 5.50. The molecule has 6 heteroatoms. The normalized spacial score (nSPS) is 15.7. The van der Waals surface area contributed by atoms with Crippen molar-refractivity contribution in [2.45, 2.75) is 25.3 Å². The molecule has 1 aliphatic rings. The van der Waals surface area contributed by atoms with E-state index in [2.05, 4.69) is 31.9 Å². The van der Waals surface area contributed by atoms with Gasteiger partial charge in [0.15, 0.2) is 0 Å². The fourth-order valence-electron chi connectivity index (χ4n) is 1.88. The van der Waals surface area contributed by atoms with Crippen LogP contribution >= 0.6 is 54.8 Å². The smallest absolute Gasteiger partial charge is 0.256 e. The maximum Gasteiger partial charge on any atom is 0.256 e. The van der Waals surface area contributed by atoms with E-state index < -0.39 is 0 Å². The summed E-state index contributed by atoms with van der Waals surface area (Å²) in [6.07, 6.45) is 3.42. The van der Waals surface area contributed by atoms with E-state index in [4.69, 9.17) is 11.6 Å². The Hall–Kier alpha value is 0.420. The maximum absolute atomic E-state index is 12.4. The predicted molar refractivity (Wildman–Crippen MR) is 79.1 cm³/mol. The van der Waals surface area contributed by atoms with Crippen LogP contribution in [0.3, 0.4) is 0 Å². The quantitative estimate of drug-likeness (QED) is 0.680. The van der Waals surface area contributed by atoms with Crippen LogP contribution in [-0.2, 0) is 0 Å². The van der Waals surface area contributed by atoms with Gasteiger partial charge in [-0.15, -0.1) is 22.9 Å². The van der Waals surface area contributed by atoms with Crippen molar-refractivity contribution < 1.29 is 4.79 Å². The minimum atomic E-state index is 0.0872. The van der Waals surface area contributed by atoms with Gasteiger partial charge in [0, 0.05) is 18.5 Å². The molecule has 0 spiro atoms. The Bertz CT molecular complexity index is 420. The zero-order valence-electron chi connectivity index (χ0n) is 9.09. The molecule has 0 bridgehead atoms. The molecule has 0 unspecified atom stereocenters. The lowest BCUT2D eigenvalue weighted by atomic mass is 9.91. The van der Waals surface area contributed by atoms with Crippen molar-refractivity contribution in [2.24, 2.45) is 0 Å². The number of carbonyl (C=O) groups excluding carboxylic acids is 1. The number of carbonyl (C=O) groups is 1. The molecule has 0 aromatic carbocycles. The summed E-state index contributed by atoms with van der Waals surface area (Å²) in [6, 6.07) is 2.25. The van der Waals surface area contributed by atoms with Crippen LogP contribution in [0.5, 0.6) is 0 Å². The highest BCUT2D eigenvalue weighted by Crippen LogP contribution is 2.34. The number of hydrogen-bond donors (Lipinski definition) is 0. The third-order valence-electron chi connectivity index (χ3n) is 2.99. The molecular weight excluding hydrogens is 389 g/mol. The molecule has 2 rings (SSSR count). The van der Waals surface area contributed by atoms with Gasteiger partial charge in [-0.25, -0.2) is 0 Å². The van der Waals surface area contributed by atoms with Gasteiger partial charge in [0.05, 0.1) is 13.1 Å². The van der Waals surface area contributed by atoms with Gasteiger partial charge in [-0.2, -0.15) is 0 Å². The first-order valence-electron chi connectivity index (χ1n) is 5.45. The second kappa shape index (κ2) is 6.04. The number of hydrogen-bond acceptors (Lipinski definition) is 2. The van der Waals surface area contributed by atoms with Crippen molar-refractivity contribution in [1.82, 2.24) is 4.90 Å². The van der Waals surface area contributed by atoms with E-state index in [9.17, 15) is 4.79 Å². The van der Waals surface area contributed by atoms with Crippen LogP contribution in [0, 0.1) is 0 Å². The van der Waals surface area contributed by atoms with E-state index in [1.807, 2.05) is 11.0 Å². The van der Waals surface area contributed by atoms with Crippen LogP contribution < -0.4 is 0 Å². The number of nitrogens with zero attached hydrogens (tertiary/aromatic N) is 1. The van der Waals surface area contributed by atoms with Gasteiger partial charge in [-0.1, -0.05) is 0 Å². The van der Waals surface area contributed by atoms with E-state index >= 15 is 0 Å². The monoisotopic (exact) mass is 399 g/mol. The molecule has 1 heterocycles. The molecule has 1 fully saturated rings. The van der Waals surface area contributed by atoms with Crippen molar-refractivity contribution in [3.63, 3.8) is 0 Å². The summed E-state index contributed by atoms with van der Waals surface area (Å²) in [7, 11) is 0. The first kappa shape index (κ1) is 13.8. The topological polar surface area (TPSA) is 20.3 Å². The predicted octanol–water partition coefficient (Wildman–Crippen LogP) is 4.51. The molecular formula is C11H12Br2ClNOS. The van der Waals surface area contributed by atoms with Gasteiger partial charge in [0.2, 0.25) is 0 Å². The molecule has 0 saturated heterocycles. The first-order valence-corrected chi connectivity index (χ1v) is 8.39. The van der Waals surface area contributed by atoms with Crippen LogP contribution in [-0.4, -0.2) is 29.3 Å². The van der Waals surface area contributed by atoms with Crippen LogP contribution in [0.2, 0.25) is 0 Å². The molecule has 1 aromatic heterocycles. The molecule has 0 atom stereocenters. The number of thiophene rings is 1. The van der Waals surface area contributed by atoms with E-state index in [1.165, 1.54) is 17.8 Å². The van der Waals surface area contributed by atoms with Crippen molar-refractivity contribution >= 4 is 60.7 Å². The summed E-state index contributed by atoms with van der Waals surface area (Å²) in [5.74, 6) is 0.578. The summed E-state index contributed by atoms with van der Waals surface area (Å²) in [5, 5.41) is 0. The molecule has 0 N–H and O–H groups in total. The fraction of sp³-hybridized carbons (Fsp3) is 0.545. The zero-order chi connectivity index (χ0) is 12.4. The van der Waals surface area contributed by atoms with E-state index in [-0.39, 0.29) is 5.91 Å². The maximum atomic E-state index is 12.4. The summed E-state index contributed by atoms with van der Waals surface area (Å²) >= 11 is 14.1. The standard InChI is InChI=1S/C11H12Br2ClNOS/c12-9-6-8(10(13)17-9)11(16)15(5-4-14)7-2-1-3-7/h6-7H,1-5H2. The second-order valence-corrected chi connectivity index (χ2v) is 8.14. The molecule has 17 heavy (non-hydrogen) atoms. The molecule has 1 saturated carbocycles. The second-order valence-electron chi connectivity index (χ2n) is 4.01. The van der Waals surface area contributed by atoms with Gasteiger partial charge in [0.25, 0.3) is 5.91 Å². The number of alkyl halides is 1. The van der Waals surface area contributed by atoms with E-state index in [1.54, 1.807) is 0 Å². The minimum Gasteiger partial charge on any atom is -0.334 e. The molecule has 0 radical (unpaired) electrons. The summed E-state index contributed by atoms with van der Waals surface area (Å²) in [5.41, 5.74) is 0.735. The highest BCUT2D eigenvalue weighted by atomic mass is 79.9. The molecule has 0 aliphatic heterocycles. The Balaban J connectivity index is 2.17. The molecule has 1 amide bonds. The van der Waals surface area contributed by atoms with Crippen molar-refractivity contribution in [2.75, 3.05) is 12.4 Å². The van der Waals surface area contributed by atoms with Crippen molar-refractivity contribution in [3.05, 3.63) is 19.2 Å². The van der Waals surface area contributed by atoms with Crippen LogP contribution in [0.25, 0.3) is 0 Å². The summed E-state index contributed by atoms with van der Waals surface area (Å²) in [6.45, 7) is 0.630. The van der Waals surface area contributed by atoms with Crippen LogP contribution in [0.4, 0.5) is 0 Å². The lowest BCUT2D eigenvalue weighted by Crippen LogP contribution is -2.45. The Kier molecular flexibility index (Phi) is 4.92. The average Bonchev–Trinajstić information content (AvgIpc) is 2.53. The van der Waals surface area contributed by atoms with Crippen molar-refractivity contribution in [3.8, 4) is 0 Å². The van der Waals surface area contributed by atoms with Gasteiger partial charge in [-0.3, -0.25) is 4.79 Å². The number of rotatable bonds is 4. The molecule has 1 aromatic rings. The lowest BCUT2D eigenvalue weighted by Gasteiger charge is -2.37. The van der Waals surface area contributed by atoms with Gasteiger partial charge in [0.1, 0.15) is 0 Å². The highest BCUT2D eigenvalue weighted by Gasteiger charge is 2.30. The Morgan fingerprint density at radius 3 is 2.65 bits per heavy atom. The van der Waals surface area contributed by atoms with E-state index in [0.717, 1.165) is 26.0 Å².